The number of carbonyl (C=O) groups excluding carboxylic acids is 2. The zero-order valence-corrected chi connectivity index (χ0v) is 24.2. The highest BCUT2D eigenvalue weighted by molar-refractivity contribution is 5.94. The normalized spacial score (nSPS) is 13.3. The number of rotatable bonds is 15. The van der Waals surface area contributed by atoms with E-state index < -0.39 is 30.2 Å². The third kappa shape index (κ3) is 9.85. The van der Waals surface area contributed by atoms with Gasteiger partial charge in [0.1, 0.15) is 11.6 Å². The van der Waals surface area contributed by atoms with Crippen molar-refractivity contribution in [1.82, 2.24) is 15.6 Å². The third-order valence-corrected chi connectivity index (χ3v) is 6.48. The molecule has 234 valence electrons. The number of benzene rings is 2. The number of halogens is 5. The lowest BCUT2D eigenvalue weighted by molar-refractivity contribution is -0.121. The SMILES string of the molecule is CC(N)c1oc(-c2ccc(OC(F)F)c(OCCCCC(=O)NCC3CC3)c2)nc1C(=O)NCc1ccc(F)cc1F.Cl. The number of carbonyl (C=O) groups is 2. The van der Waals surface area contributed by atoms with E-state index in [2.05, 4.69) is 20.4 Å². The molecule has 1 fully saturated rings. The van der Waals surface area contributed by atoms with E-state index in [-0.39, 0.29) is 71.4 Å². The fourth-order valence-corrected chi connectivity index (χ4v) is 4.04. The average molecular weight is 629 g/mol. The Hall–Kier alpha value is -3.84. The van der Waals surface area contributed by atoms with E-state index in [1.54, 1.807) is 6.92 Å². The molecule has 1 heterocycles. The predicted octanol–water partition coefficient (Wildman–Crippen LogP) is 5.67. The minimum atomic E-state index is -3.10. The van der Waals surface area contributed by atoms with E-state index in [4.69, 9.17) is 14.9 Å². The summed E-state index contributed by atoms with van der Waals surface area (Å²) >= 11 is 0. The van der Waals surface area contributed by atoms with Gasteiger partial charge in [-0.1, -0.05) is 6.07 Å². The fourth-order valence-electron chi connectivity index (χ4n) is 4.04. The van der Waals surface area contributed by atoms with Crippen LogP contribution in [0.4, 0.5) is 17.6 Å². The van der Waals surface area contributed by atoms with Gasteiger partial charge in [0, 0.05) is 36.7 Å². The van der Waals surface area contributed by atoms with Crippen LogP contribution in [-0.2, 0) is 11.3 Å². The van der Waals surface area contributed by atoms with Gasteiger partial charge in [0.15, 0.2) is 23.0 Å². The second-order valence-corrected chi connectivity index (χ2v) is 10.0. The molecule has 1 aliphatic carbocycles. The van der Waals surface area contributed by atoms with E-state index in [1.807, 2.05) is 0 Å². The molecule has 14 heteroatoms. The minimum absolute atomic E-state index is 0. The first kappa shape index (κ1) is 33.7. The summed E-state index contributed by atoms with van der Waals surface area (Å²) in [6.45, 7) is -0.950. The minimum Gasteiger partial charge on any atom is -0.490 e. The number of amides is 2. The second kappa shape index (κ2) is 15.6. The first-order valence-corrected chi connectivity index (χ1v) is 13.6. The summed E-state index contributed by atoms with van der Waals surface area (Å²) in [5, 5.41) is 5.39. The molecule has 0 radical (unpaired) electrons. The standard InChI is InChI=1S/C29H32F4N4O5.ClH/c1-16(34)26-25(27(39)36-15-19-7-9-20(30)13-21(19)31)37-28(42-26)18-8-10-22(41-29(32)33)23(12-18)40-11-3-2-4-24(38)35-14-17-5-6-17;/h7-10,12-13,16-17,29H,2-6,11,14-15,34H2,1H3,(H,35,38)(H,36,39);1H. The van der Waals surface area contributed by atoms with Crippen LogP contribution in [0.3, 0.4) is 0 Å². The van der Waals surface area contributed by atoms with Gasteiger partial charge in [0.05, 0.1) is 12.6 Å². The van der Waals surface area contributed by atoms with Crippen LogP contribution in [0.2, 0.25) is 0 Å². The highest BCUT2D eigenvalue weighted by Crippen LogP contribution is 2.35. The summed E-state index contributed by atoms with van der Waals surface area (Å²) in [7, 11) is 0. The van der Waals surface area contributed by atoms with Crippen molar-refractivity contribution < 1.29 is 41.0 Å². The summed E-state index contributed by atoms with van der Waals surface area (Å²) < 4.78 is 69.2. The smallest absolute Gasteiger partial charge is 0.387 e. The van der Waals surface area contributed by atoms with Crippen molar-refractivity contribution in [3.8, 4) is 23.0 Å². The topological polar surface area (TPSA) is 129 Å². The molecule has 0 spiro atoms. The fraction of sp³-hybridized carbons (Fsp3) is 0.414. The van der Waals surface area contributed by atoms with Crippen molar-refractivity contribution >= 4 is 24.2 Å². The lowest BCUT2D eigenvalue weighted by Gasteiger charge is -2.13. The first-order valence-electron chi connectivity index (χ1n) is 13.6. The van der Waals surface area contributed by atoms with Gasteiger partial charge in [0.2, 0.25) is 11.8 Å². The molecular weight excluding hydrogens is 596 g/mol. The number of nitrogens with two attached hydrogens (primary N) is 1. The lowest BCUT2D eigenvalue weighted by Crippen LogP contribution is -2.25. The quantitative estimate of drug-likeness (QED) is 0.146. The Morgan fingerprint density at radius 2 is 1.86 bits per heavy atom. The largest absolute Gasteiger partial charge is 0.490 e. The maximum absolute atomic E-state index is 14.0. The van der Waals surface area contributed by atoms with Gasteiger partial charge in [-0.2, -0.15) is 8.78 Å². The third-order valence-electron chi connectivity index (χ3n) is 6.48. The molecule has 0 bridgehead atoms. The Morgan fingerprint density at radius 1 is 1.09 bits per heavy atom. The molecule has 4 rings (SSSR count). The van der Waals surface area contributed by atoms with Crippen LogP contribution >= 0.6 is 12.4 Å². The number of aromatic nitrogens is 1. The van der Waals surface area contributed by atoms with Crippen molar-refractivity contribution in [2.75, 3.05) is 13.2 Å². The number of nitrogens with one attached hydrogen (secondary N) is 2. The van der Waals surface area contributed by atoms with Crippen molar-refractivity contribution in [3.05, 3.63) is 65.1 Å². The lowest BCUT2D eigenvalue weighted by atomic mass is 10.2. The molecule has 43 heavy (non-hydrogen) atoms. The van der Waals surface area contributed by atoms with Crippen molar-refractivity contribution in [3.63, 3.8) is 0 Å². The van der Waals surface area contributed by atoms with Gasteiger partial charge in [0.25, 0.3) is 5.91 Å². The summed E-state index contributed by atoms with van der Waals surface area (Å²) in [6, 6.07) is 6.27. The predicted molar refractivity (Wildman–Crippen MR) is 151 cm³/mol. The van der Waals surface area contributed by atoms with E-state index in [1.165, 1.54) is 24.3 Å². The van der Waals surface area contributed by atoms with Crippen LogP contribution in [0.15, 0.2) is 40.8 Å². The Balaban J connectivity index is 0.00000506. The molecular formula is C29H33ClF4N4O5. The number of oxazole rings is 1. The van der Waals surface area contributed by atoms with Gasteiger partial charge in [-0.15, -0.1) is 12.4 Å². The van der Waals surface area contributed by atoms with Gasteiger partial charge in [-0.05, 0) is 62.8 Å². The Kier molecular flexibility index (Phi) is 12.2. The number of unbranched alkanes of at least 4 members (excludes halogenated alkanes) is 1. The van der Waals surface area contributed by atoms with Gasteiger partial charge >= 0.3 is 6.61 Å². The summed E-state index contributed by atoms with van der Waals surface area (Å²) in [4.78, 5) is 29.0. The van der Waals surface area contributed by atoms with Crippen LogP contribution in [0.5, 0.6) is 11.5 Å². The van der Waals surface area contributed by atoms with Crippen molar-refractivity contribution in [2.24, 2.45) is 11.7 Å². The van der Waals surface area contributed by atoms with Crippen LogP contribution < -0.4 is 25.8 Å². The van der Waals surface area contributed by atoms with Crippen molar-refractivity contribution in [1.29, 1.82) is 0 Å². The highest BCUT2D eigenvalue weighted by atomic mass is 35.5. The molecule has 9 nitrogen and oxygen atoms in total. The van der Waals surface area contributed by atoms with Crippen LogP contribution in [-0.4, -0.2) is 36.6 Å². The molecule has 1 aromatic heterocycles. The summed E-state index contributed by atoms with van der Waals surface area (Å²) in [6.07, 6.45) is 3.64. The van der Waals surface area contributed by atoms with E-state index in [0.29, 0.717) is 37.8 Å². The number of nitrogens with zero attached hydrogens (tertiary/aromatic N) is 1. The van der Waals surface area contributed by atoms with Crippen LogP contribution in [0.25, 0.3) is 11.5 Å². The molecule has 4 N–H and O–H groups in total. The van der Waals surface area contributed by atoms with Gasteiger partial charge < -0.3 is 30.3 Å². The molecule has 3 aromatic rings. The van der Waals surface area contributed by atoms with Gasteiger partial charge in [-0.3, -0.25) is 9.59 Å². The summed E-state index contributed by atoms with van der Waals surface area (Å²) in [5.41, 5.74) is 6.18. The number of ether oxygens (including phenoxy) is 2. The Morgan fingerprint density at radius 3 is 2.53 bits per heavy atom. The van der Waals surface area contributed by atoms with Crippen LogP contribution in [0, 0.1) is 17.6 Å². The number of hydrogen-bond acceptors (Lipinski definition) is 7. The molecule has 0 aliphatic heterocycles. The average Bonchev–Trinajstić information content (AvgIpc) is 3.66. The van der Waals surface area contributed by atoms with Gasteiger partial charge in [-0.25, -0.2) is 13.8 Å². The number of hydrogen-bond donors (Lipinski definition) is 3. The zero-order chi connectivity index (χ0) is 30.2. The molecule has 1 unspecified atom stereocenters. The van der Waals surface area contributed by atoms with Crippen molar-refractivity contribution in [2.45, 2.75) is 58.2 Å². The summed E-state index contributed by atoms with van der Waals surface area (Å²) in [5.74, 6) is -1.96. The van der Waals surface area contributed by atoms with E-state index in [9.17, 15) is 27.2 Å². The first-order chi connectivity index (χ1) is 20.1. The Bertz CT molecular complexity index is 1400. The van der Waals surface area contributed by atoms with Crippen LogP contribution in [0.1, 0.15) is 66.9 Å². The zero-order valence-electron chi connectivity index (χ0n) is 23.3. The molecule has 1 saturated carbocycles. The molecule has 0 saturated heterocycles. The monoisotopic (exact) mass is 628 g/mol. The molecule has 2 aromatic carbocycles. The molecule has 1 atom stereocenters. The maximum atomic E-state index is 14.0. The number of alkyl halides is 2. The van der Waals surface area contributed by atoms with E-state index in [0.717, 1.165) is 18.9 Å². The van der Waals surface area contributed by atoms with E-state index >= 15 is 0 Å². The maximum Gasteiger partial charge on any atom is 0.387 e. The Labute approximate surface area is 251 Å². The highest BCUT2D eigenvalue weighted by Gasteiger charge is 2.25. The second-order valence-electron chi connectivity index (χ2n) is 10.0. The molecule has 1 aliphatic rings. The molecule has 2 amide bonds.